The molecule has 31 nitrogen and oxygen atoms in total. The van der Waals surface area contributed by atoms with Gasteiger partial charge in [0.05, 0.1) is 169 Å². The van der Waals surface area contributed by atoms with E-state index in [-0.39, 0.29) is 121 Å². The molecule has 16 heterocycles. The zero-order valence-electron chi connectivity index (χ0n) is 85.5. The Bertz CT molecular complexity index is 6410. The molecule has 4 unspecified atom stereocenters. The minimum Gasteiger partial charge on any atom is -0.391 e. The monoisotopic (exact) mass is 2090 g/mol. The predicted molar refractivity (Wildman–Crippen MR) is 569 cm³/mol. The smallest absolute Gasteiger partial charge is 0.256 e. The van der Waals surface area contributed by atoms with Gasteiger partial charge in [-0.3, -0.25) is 47.8 Å². The van der Waals surface area contributed by atoms with Crippen LogP contribution in [-0.2, 0) is 71.9 Å². The zero-order chi connectivity index (χ0) is 104. The molecule has 4 N–H and O–H groups in total. The Morgan fingerprint density at radius 3 is 0.925 bits per heavy atom. The molecule has 0 aliphatic carbocycles. The highest BCUT2D eigenvalue weighted by Crippen LogP contribution is 2.48. The number of β-amino-alcohol motifs (C(OH)–C–C–N with tert-alkyl or cyclic N) is 4. The standard InChI is InChI=1S/2C28H32N4O3S2.C27H32N6O3S.C26H30N4O4S/c2*1-15(2)24(23-10-16(3)31-37-23)26(34)32-13-20(33)11-22(32)21-12-28(5,27(35)30-21)19-8-6-18(7-9-19)25-17(4)29-14-36-25;1-15(2)23(21-13-32(5)31-30-21)25(35)33-12-19(34)10-22(33)20-11-27(4,26(36)29-20)18-8-6-17(7-9-18)24-16(3)28-14-37-24;1-15-23(35-14-27-15)17-6-8-18(9-7-17)26(3)12-20(28-25(26)34)22-11-19(32)13-30(22)24(33)21-5-4-10-29(21)16(2)31/h2*6-10,14-15,20,22,24,33H,11-13H2,1-5H3;6-9,13-15,19,22-23,34H,10-12H2,1-5H3;6-9,14,19,21-22,32H,4-5,10-13H2,1-3H3/t20-,22+,24+,28+;20-,22-,24-,28+;19-,22-,23+,27+;/m111./s1. The molecule has 7 aromatic heterocycles. The second kappa shape index (κ2) is 42.9. The van der Waals surface area contributed by atoms with Gasteiger partial charge in [-0.2, -0.15) is 8.75 Å². The third-order valence-electron chi connectivity index (χ3n) is 30.5. The summed E-state index contributed by atoms with van der Waals surface area (Å²) in [6, 6.07) is 33.9. The summed E-state index contributed by atoms with van der Waals surface area (Å²) in [5.74, 6) is -2.35. The molecule has 20 rings (SSSR count). The number of benzene rings is 4. The maximum atomic E-state index is 13.8. The van der Waals surface area contributed by atoms with Crippen molar-refractivity contribution in [2.45, 2.75) is 276 Å². The number of carbonyl (C=O) groups is 9. The molecule has 146 heavy (non-hydrogen) atoms. The summed E-state index contributed by atoms with van der Waals surface area (Å²) in [5, 5.41) is 50.4. The third kappa shape index (κ3) is 21.1. The molecule has 4 aromatic carbocycles. The van der Waals surface area contributed by atoms with E-state index in [1.807, 2.05) is 242 Å². The van der Waals surface area contributed by atoms with E-state index in [0.29, 0.717) is 92.9 Å². The zero-order valence-corrected chi connectivity index (χ0v) is 90.4. The molecular weight excluding hydrogens is 1960 g/mol. The van der Waals surface area contributed by atoms with Crippen LogP contribution in [0.5, 0.6) is 0 Å². The van der Waals surface area contributed by atoms with Crippen molar-refractivity contribution in [2.75, 3.05) is 32.7 Å². The first-order chi connectivity index (χ1) is 69.4. The molecule has 0 spiro atoms. The Hall–Kier alpha value is -11.7. The maximum Gasteiger partial charge on any atom is 0.256 e. The van der Waals surface area contributed by atoms with E-state index in [1.165, 1.54) is 30.0 Å². The van der Waals surface area contributed by atoms with Gasteiger partial charge in [-0.25, -0.2) is 39.9 Å². The number of hydrogen-bond donors (Lipinski definition) is 4. The number of aliphatic hydroxyl groups is 4. The van der Waals surface area contributed by atoms with E-state index >= 15 is 0 Å². The molecule has 11 aromatic rings. The Morgan fingerprint density at radius 2 is 0.678 bits per heavy atom. The summed E-state index contributed by atoms with van der Waals surface area (Å²) in [7, 11) is 1.77. The van der Waals surface area contributed by atoms with Gasteiger partial charge in [-0.1, -0.05) is 144 Å². The highest BCUT2D eigenvalue weighted by Gasteiger charge is 2.55. The quantitative estimate of drug-likeness (QED) is 0.0489. The minimum absolute atomic E-state index is 0.0132. The first-order valence-corrected chi connectivity index (χ1v) is 55.0. The minimum atomic E-state index is -0.822. The number of aliphatic imine (C=N–C) groups is 4. The second-order valence-electron chi connectivity index (χ2n) is 42.2. The lowest BCUT2D eigenvalue weighted by Crippen LogP contribution is -2.50. The summed E-state index contributed by atoms with van der Waals surface area (Å²) in [6.07, 6.45) is 3.69. The van der Waals surface area contributed by atoms with Crippen LogP contribution in [0.1, 0.15) is 230 Å². The number of rotatable bonds is 22. The predicted octanol–water partition coefficient (Wildman–Crippen LogP) is 15.8. The topological polar surface area (TPSA) is 408 Å². The molecule has 766 valence electrons. The maximum absolute atomic E-state index is 13.8. The van der Waals surface area contributed by atoms with Crippen LogP contribution in [0.3, 0.4) is 0 Å². The van der Waals surface area contributed by atoms with Crippen molar-refractivity contribution in [1.82, 2.24) is 68.2 Å². The van der Waals surface area contributed by atoms with E-state index in [4.69, 9.17) is 0 Å². The molecule has 9 amide bonds. The van der Waals surface area contributed by atoms with Crippen molar-refractivity contribution >= 4 is 144 Å². The highest BCUT2D eigenvalue weighted by atomic mass is 32.1. The molecular formula is C109H126N18O13S6. The number of carbonyl (C=O) groups excluding carboxylic acids is 9. The highest BCUT2D eigenvalue weighted by molar-refractivity contribution is 7.14. The van der Waals surface area contributed by atoms with E-state index in [2.05, 4.69) is 59.0 Å². The molecule has 0 bridgehead atoms. The Kier molecular flexibility index (Phi) is 31.1. The van der Waals surface area contributed by atoms with Crippen LogP contribution in [0, 0.1) is 59.3 Å². The lowest BCUT2D eigenvalue weighted by atomic mass is 9.78. The Balaban J connectivity index is 0.000000133. The van der Waals surface area contributed by atoms with Crippen LogP contribution in [0.2, 0.25) is 0 Å². The number of amides is 9. The van der Waals surface area contributed by atoms with Gasteiger partial charge in [-0.05, 0) is 180 Å². The van der Waals surface area contributed by atoms with E-state index in [0.717, 1.165) is 114 Å². The fraction of sp³-hybridized carbons (Fsp3) is 0.477. The number of aliphatic hydroxyl groups excluding tert-OH is 4. The first kappa shape index (κ1) is 106. The van der Waals surface area contributed by atoms with Crippen molar-refractivity contribution in [3.05, 3.63) is 209 Å². The number of nitrogens with zero attached hydrogens (tertiary/aromatic N) is 18. The van der Waals surface area contributed by atoms with Crippen LogP contribution in [-0.4, -0.2) is 252 Å². The van der Waals surface area contributed by atoms with Gasteiger partial charge < -0.3 is 44.9 Å². The second-order valence-corrected chi connectivity index (χ2v) is 47.3. The SMILES string of the molecule is CC(=O)N1CCCC1C(=O)N1CC(O)CC1C1=NC(=O)C(C)(c2ccc(-c3scnc3C)cc2)C1.Cc1cc([C@@H](C(=O)N2C[C@H](O)C[C@H]2C2=NC(=O)[C@](C)(c3ccc(-c4scnc4C)cc3)C2)C(C)C)sn1.Cc1cc([C@H](C(=O)N2C[C@H](O)C[C@@H]2C2=NC(=O)[C@](C)(c3ccc(-c4scnc4C)cc3)C2)C(C)C)sn1.Cc1ncsc1-c1ccc([C@]2(C)CC([C@H]3C[C@@H](O)CN3C(=O)[C@H](c3cn(C)nn3)C(C)C)=NC2=O)cc1. The number of aryl methyl sites for hydroxylation is 7. The summed E-state index contributed by atoms with van der Waals surface area (Å²) in [5.41, 5.74) is 20.9. The van der Waals surface area contributed by atoms with E-state index < -0.39 is 70.1 Å². The van der Waals surface area contributed by atoms with E-state index in [1.54, 1.807) is 87.8 Å². The average Bonchev–Trinajstić information content (AvgIpc) is 1.61. The molecule has 5 fully saturated rings. The molecule has 9 aliphatic rings. The van der Waals surface area contributed by atoms with Crippen molar-refractivity contribution in [1.29, 1.82) is 0 Å². The largest absolute Gasteiger partial charge is 0.391 e. The van der Waals surface area contributed by atoms with Gasteiger partial charge in [0.15, 0.2) is 0 Å². The van der Waals surface area contributed by atoms with Gasteiger partial charge in [0.1, 0.15) is 6.04 Å². The molecule has 0 radical (unpaired) electrons. The van der Waals surface area contributed by atoms with E-state index in [9.17, 15) is 63.6 Å². The van der Waals surface area contributed by atoms with Gasteiger partial charge >= 0.3 is 0 Å². The summed E-state index contributed by atoms with van der Waals surface area (Å²) in [6.45, 7) is 34.5. The number of hydrogen-bond acceptors (Lipinski definition) is 27. The van der Waals surface area contributed by atoms with Crippen LogP contribution < -0.4 is 0 Å². The molecule has 5 saturated heterocycles. The lowest BCUT2D eigenvalue weighted by molar-refractivity contribution is -0.142. The fourth-order valence-electron chi connectivity index (χ4n) is 22.3. The number of likely N-dealkylation sites (tertiary alicyclic amines) is 5. The summed E-state index contributed by atoms with van der Waals surface area (Å²) in [4.78, 5) is 170. The normalized spacial score (nSPS) is 25.6. The average molecular weight is 2090 g/mol. The summed E-state index contributed by atoms with van der Waals surface area (Å²) >= 11 is 9.09. The van der Waals surface area contributed by atoms with Gasteiger partial charge in [0.25, 0.3) is 23.6 Å². The fourth-order valence-corrected chi connectivity index (χ4v) is 27.6. The van der Waals surface area contributed by atoms with Crippen LogP contribution in [0.25, 0.3) is 41.8 Å². The van der Waals surface area contributed by atoms with Gasteiger partial charge in [-0.15, -0.1) is 50.4 Å². The number of aromatic nitrogens is 9. The van der Waals surface area contributed by atoms with Crippen molar-refractivity contribution in [2.24, 2.45) is 44.8 Å². The van der Waals surface area contributed by atoms with Gasteiger partial charge in [0, 0.05) is 137 Å². The Morgan fingerprint density at radius 1 is 0.397 bits per heavy atom. The number of thiazole rings is 4. The molecule has 16 atom stereocenters. The van der Waals surface area contributed by atoms with Crippen molar-refractivity contribution in [3.63, 3.8) is 0 Å². The third-order valence-corrected chi connectivity index (χ3v) is 36.3. The van der Waals surface area contributed by atoms with Crippen molar-refractivity contribution in [3.8, 4) is 41.8 Å². The van der Waals surface area contributed by atoms with Crippen LogP contribution in [0.4, 0.5) is 0 Å². The molecule has 0 saturated carbocycles. The molecule has 37 heteroatoms. The Labute approximate surface area is 874 Å². The lowest BCUT2D eigenvalue weighted by Gasteiger charge is -2.31. The van der Waals surface area contributed by atoms with Crippen molar-refractivity contribution < 1.29 is 63.6 Å². The van der Waals surface area contributed by atoms with Crippen LogP contribution in [0.15, 0.2) is 157 Å². The van der Waals surface area contributed by atoms with Gasteiger partial charge in [0.2, 0.25) is 29.5 Å². The first-order valence-electron chi connectivity index (χ1n) is 49.9. The summed E-state index contributed by atoms with van der Waals surface area (Å²) < 4.78 is 10.3. The van der Waals surface area contributed by atoms with Crippen LogP contribution >= 0.6 is 68.4 Å². The molecule has 9 aliphatic heterocycles.